The Balaban J connectivity index is 1.65. The quantitative estimate of drug-likeness (QED) is 0.315. The minimum absolute atomic E-state index is 0.0190. The second-order valence-electron chi connectivity index (χ2n) is 7.01. The zero-order valence-electron chi connectivity index (χ0n) is 15.5. The molecule has 2 aromatic carbocycles. The van der Waals surface area contributed by atoms with Gasteiger partial charge in [0.15, 0.2) is 5.13 Å². The summed E-state index contributed by atoms with van der Waals surface area (Å²) in [5, 5.41) is 2.24. The standard InChI is InChI=1S/C21H15Cl2N3OS2/c1-10-3-5-15-12(7-10)8-14(18(23)24-15)20-26(19(27)11(2)28-20)21-25-16-6-4-13(22)9-17(16)29-21/h3-9,11,20H,1-2H3. The molecule has 29 heavy (non-hydrogen) atoms. The van der Waals surface area contributed by atoms with Crippen LogP contribution < -0.4 is 4.90 Å². The summed E-state index contributed by atoms with van der Waals surface area (Å²) in [5.74, 6) is 0.0190. The predicted octanol–water partition coefficient (Wildman–Crippen LogP) is 6.63. The van der Waals surface area contributed by atoms with Gasteiger partial charge in [0.1, 0.15) is 10.5 Å². The summed E-state index contributed by atoms with van der Waals surface area (Å²) < 4.78 is 0.946. The lowest BCUT2D eigenvalue weighted by atomic mass is 10.1. The van der Waals surface area contributed by atoms with Gasteiger partial charge in [-0.2, -0.15) is 0 Å². The summed E-state index contributed by atoms with van der Waals surface area (Å²) in [6, 6.07) is 13.6. The highest BCUT2D eigenvalue weighted by molar-refractivity contribution is 8.01. The van der Waals surface area contributed by atoms with E-state index in [0.29, 0.717) is 15.3 Å². The van der Waals surface area contributed by atoms with Crippen LogP contribution in [0.4, 0.5) is 5.13 Å². The molecular weight excluding hydrogens is 445 g/mol. The van der Waals surface area contributed by atoms with Crippen molar-refractivity contribution in [2.24, 2.45) is 0 Å². The molecule has 4 aromatic rings. The first-order chi connectivity index (χ1) is 13.9. The summed E-state index contributed by atoms with van der Waals surface area (Å²) in [6.07, 6.45) is 0. The number of amides is 1. The van der Waals surface area contributed by atoms with E-state index < -0.39 is 0 Å². The molecule has 0 N–H and O–H groups in total. The number of anilines is 1. The number of rotatable bonds is 2. The average molecular weight is 460 g/mol. The highest BCUT2D eigenvalue weighted by atomic mass is 35.5. The van der Waals surface area contributed by atoms with Crippen LogP contribution in [0.1, 0.15) is 23.4 Å². The maximum atomic E-state index is 13.0. The molecule has 4 nitrogen and oxygen atoms in total. The molecule has 1 saturated heterocycles. The van der Waals surface area contributed by atoms with E-state index >= 15 is 0 Å². The molecule has 1 aliphatic rings. The van der Waals surface area contributed by atoms with E-state index in [1.54, 1.807) is 22.7 Å². The van der Waals surface area contributed by atoms with Gasteiger partial charge >= 0.3 is 0 Å². The number of nitrogens with zero attached hydrogens (tertiary/aromatic N) is 3. The predicted molar refractivity (Wildman–Crippen MR) is 123 cm³/mol. The van der Waals surface area contributed by atoms with Crippen LogP contribution in [0, 0.1) is 6.92 Å². The first-order valence-electron chi connectivity index (χ1n) is 9.02. The smallest absolute Gasteiger partial charge is 0.242 e. The third kappa shape index (κ3) is 3.28. The Morgan fingerprint density at radius 3 is 2.66 bits per heavy atom. The van der Waals surface area contributed by atoms with E-state index in [1.807, 2.05) is 44.2 Å². The Morgan fingerprint density at radius 2 is 1.83 bits per heavy atom. The molecule has 2 unspecified atom stereocenters. The van der Waals surface area contributed by atoms with E-state index in [0.717, 1.165) is 32.2 Å². The summed E-state index contributed by atoms with van der Waals surface area (Å²) in [7, 11) is 0. The van der Waals surface area contributed by atoms with E-state index in [9.17, 15) is 4.79 Å². The monoisotopic (exact) mass is 459 g/mol. The lowest BCUT2D eigenvalue weighted by Gasteiger charge is -2.22. The highest BCUT2D eigenvalue weighted by Gasteiger charge is 2.42. The molecule has 1 amide bonds. The SMILES string of the molecule is Cc1ccc2nc(Cl)c(C3SC(C)C(=O)N3c3nc4ccc(Cl)cc4s3)cc2c1. The van der Waals surface area contributed by atoms with Crippen molar-refractivity contribution < 1.29 is 4.79 Å². The second kappa shape index (κ2) is 7.13. The van der Waals surface area contributed by atoms with Gasteiger partial charge in [0.05, 0.1) is 21.0 Å². The van der Waals surface area contributed by atoms with Gasteiger partial charge in [-0.15, -0.1) is 11.8 Å². The largest absolute Gasteiger partial charge is 0.273 e. The maximum Gasteiger partial charge on any atom is 0.242 e. The second-order valence-corrected chi connectivity index (χ2v) is 10.2. The van der Waals surface area contributed by atoms with E-state index in [2.05, 4.69) is 11.1 Å². The number of carbonyl (C=O) groups excluding carboxylic acids is 1. The molecule has 0 saturated carbocycles. The number of thiazole rings is 1. The number of aryl methyl sites for hydroxylation is 1. The zero-order chi connectivity index (χ0) is 20.3. The van der Waals surface area contributed by atoms with Crippen LogP contribution in [0.5, 0.6) is 0 Å². The Kier molecular flexibility index (Phi) is 4.70. The van der Waals surface area contributed by atoms with Crippen LogP contribution in [0.25, 0.3) is 21.1 Å². The lowest BCUT2D eigenvalue weighted by Crippen LogP contribution is -2.30. The lowest BCUT2D eigenvalue weighted by molar-refractivity contribution is -0.117. The van der Waals surface area contributed by atoms with Gasteiger partial charge in [-0.05, 0) is 50.2 Å². The Morgan fingerprint density at radius 1 is 1.03 bits per heavy atom. The number of thioether (sulfide) groups is 1. The normalized spacial score (nSPS) is 19.6. The van der Waals surface area contributed by atoms with Gasteiger partial charge in [0.25, 0.3) is 0 Å². The number of hydrogen-bond acceptors (Lipinski definition) is 5. The molecule has 2 atom stereocenters. The van der Waals surface area contributed by atoms with Crippen LogP contribution in [0.3, 0.4) is 0 Å². The van der Waals surface area contributed by atoms with Crippen molar-refractivity contribution in [3.8, 4) is 0 Å². The fraction of sp³-hybridized carbons (Fsp3) is 0.190. The zero-order valence-corrected chi connectivity index (χ0v) is 18.7. The Bertz CT molecular complexity index is 1290. The van der Waals surface area contributed by atoms with Crippen molar-refractivity contribution in [2.45, 2.75) is 24.5 Å². The summed E-state index contributed by atoms with van der Waals surface area (Å²) in [6.45, 7) is 3.96. The van der Waals surface area contributed by atoms with Crippen LogP contribution in [0.2, 0.25) is 10.2 Å². The van der Waals surface area contributed by atoms with Crippen LogP contribution in [-0.4, -0.2) is 21.1 Å². The number of hydrogen-bond donors (Lipinski definition) is 0. The summed E-state index contributed by atoms with van der Waals surface area (Å²) in [4.78, 5) is 24.1. The van der Waals surface area contributed by atoms with Crippen LogP contribution >= 0.6 is 46.3 Å². The van der Waals surface area contributed by atoms with E-state index in [1.165, 1.54) is 11.3 Å². The van der Waals surface area contributed by atoms with Crippen molar-refractivity contribution in [2.75, 3.05) is 4.90 Å². The van der Waals surface area contributed by atoms with Crippen LogP contribution in [0.15, 0.2) is 42.5 Å². The number of carbonyl (C=O) groups is 1. The maximum absolute atomic E-state index is 13.0. The van der Waals surface area contributed by atoms with Crippen molar-refractivity contribution >= 4 is 78.5 Å². The van der Waals surface area contributed by atoms with E-state index in [-0.39, 0.29) is 16.5 Å². The van der Waals surface area contributed by atoms with Gasteiger partial charge in [-0.1, -0.05) is 46.2 Å². The minimum Gasteiger partial charge on any atom is -0.273 e. The number of aromatic nitrogens is 2. The van der Waals surface area contributed by atoms with Crippen molar-refractivity contribution in [1.29, 1.82) is 0 Å². The van der Waals surface area contributed by atoms with Crippen molar-refractivity contribution in [3.63, 3.8) is 0 Å². The molecule has 0 bridgehead atoms. The molecule has 3 heterocycles. The van der Waals surface area contributed by atoms with Gasteiger partial charge in [-0.3, -0.25) is 9.69 Å². The molecule has 1 fully saturated rings. The van der Waals surface area contributed by atoms with Gasteiger partial charge in [-0.25, -0.2) is 9.97 Å². The van der Waals surface area contributed by atoms with Crippen molar-refractivity contribution in [1.82, 2.24) is 9.97 Å². The number of halogens is 2. The molecule has 0 aliphatic carbocycles. The molecule has 0 radical (unpaired) electrons. The molecule has 1 aliphatic heterocycles. The third-order valence-corrected chi connectivity index (χ3v) is 7.80. The van der Waals surface area contributed by atoms with Crippen molar-refractivity contribution in [3.05, 3.63) is 63.8 Å². The Labute approximate surface area is 185 Å². The van der Waals surface area contributed by atoms with Crippen LogP contribution in [-0.2, 0) is 4.79 Å². The minimum atomic E-state index is -0.279. The molecule has 5 rings (SSSR count). The number of benzene rings is 2. The fourth-order valence-corrected chi connectivity index (χ4v) is 6.41. The third-order valence-electron chi connectivity index (χ3n) is 4.91. The fourth-order valence-electron chi connectivity index (χ4n) is 3.48. The van der Waals surface area contributed by atoms with Gasteiger partial charge < -0.3 is 0 Å². The van der Waals surface area contributed by atoms with Gasteiger partial charge in [0.2, 0.25) is 5.91 Å². The Hall–Kier alpha value is -1.86. The summed E-state index contributed by atoms with van der Waals surface area (Å²) in [5.41, 5.74) is 3.64. The average Bonchev–Trinajstić information content (AvgIpc) is 3.21. The molecule has 2 aromatic heterocycles. The molecule has 0 spiro atoms. The first kappa shape index (κ1) is 19.1. The summed E-state index contributed by atoms with van der Waals surface area (Å²) >= 11 is 15.7. The molecule has 146 valence electrons. The molecule has 8 heteroatoms. The number of fused-ring (bicyclic) bond motifs is 2. The highest BCUT2D eigenvalue weighted by Crippen LogP contribution is 2.49. The number of pyridine rings is 1. The topological polar surface area (TPSA) is 46.1 Å². The first-order valence-corrected chi connectivity index (χ1v) is 11.5. The van der Waals surface area contributed by atoms with Gasteiger partial charge in [0, 0.05) is 16.0 Å². The molecular formula is C21H15Cl2N3OS2. The van der Waals surface area contributed by atoms with E-state index in [4.69, 9.17) is 28.2 Å².